The number of hydrogen-bond acceptors (Lipinski definition) is 3. The molecule has 0 radical (unpaired) electrons. The Morgan fingerprint density at radius 2 is 1.65 bits per heavy atom. The van der Waals surface area contributed by atoms with E-state index in [2.05, 4.69) is 4.90 Å². The molecule has 4 unspecified atom stereocenters. The molecule has 0 saturated carbocycles. The molecule has 2 bridgehead atoms. The Balaban J connectivity index is 0.00000147. The number of amides is 1. The zero-order chi connectivity index (χ0) is 13.2. The minimum Gasteiger partial charge on any atom is -0.374 e. The third kappa shape index (κ3) is 3.12. The molecule has 116 valence electrons. The van der Waals surface area contributed by atoms with Gasteiger partial charge >= 0.3 is 0 Å². The van der Waals surface area contributed by atoms with Gasteiger partial charge in [0.1, 0.15) is 0 Å². The van der Waals surface area contributed by atoms with Crippen LogP contribution in [0.5, 0.6) is 0 Å². The average molecular weight is 303 g/mol. The van der Waals surface area contributed by atoms with Gasteiger partial charge in [0.15, 0.2) is 0 Å². The third-order valence-corrected chi connectivity index (χ3v) is 5.15. The van der Waals surface area contributed by atoms with E-state index in [1.54, 1.807) is 0 Å². The maximum absolute atomic E-state index is 12.2. The van der Waals surface area contributed by atoms with Gasteiger partial charge in [0.2, 0.25) is 5.91 Å². The van der Waals surface area contributed by atoms with Crippen LogP contribution in [0.3, 0.4) is 0 Å². The van der Waals surface area contributed by atoms with Crippen molar-refractivity contribution in [2.45, 2.75) is 57.2 Å². The van der Waals surface area contributed by atoms with Gasteiger partial charge in [-0.25, -0.2) is 0 Å². The molecule has 0 aromatic carbocycles. The van der Waals surface area contributed by atoms with Crippen LogP contribution in [0.4, 0.5) is 0 Å². The summed E-state index contributed by atoms with van der Waals surface area (Å²) in [6, 6.07) is 0. The molecule has 5 heteroatoms. The maximum Gasteiger partial charge on any atom is 0.222 e. The SMILES string of the molecule is Cl.NCCCCCCC(=O)N1CC2C3CCC(O3)C2C1. The van der Waals surface area contributed by atoms with Crippen molar-refractivity contribution in [3.63, 3.8) is 0 Å². The van der Waals surface area contributed by atoms with Gasteiger partial charge in [-0.3, -0.25) is 4.79 Å². The summed E-state index contributed by atoms with van der Waals surface area (Å²) in [5.41, 5.74) is 5.47. The summed E-state index contributed by atoms with van der Waals surface area (Å²) < 4.78 is 5.94. The molecular weight excluding hydrogens is 276 g/mol. The average Bonchev–Trinajstić information content (AvgIpc) is 3.10. The van der Waals surface area contributed by atoms with Gasteiger partial charge in [-0.2, -0.15) is 0 Å². The van der Waals surface area contributed by atoms with Crippen LogP contribution in [0.25, 0.3) is 0 Å². The Labute approximate surface area is 127 Å². The molecule has 3 aliphatic heterocycles. The summed E-state index contributed by atoms with van der Waals surface area (Å²) in [4.78, 5) is 14.3. The van der Waals surface area contributed by atoms with E-state index in [0.29, 0.717) is 30.0 Å². The first-order valence-corrected chi connectivity index (χ1v) is 7.93. The molecule has 0 aliphatic carbocycles. The monoisotopic (exact) mass is 302 g/mol. The Bertz CT molecular complexity index is 322. The number of fused-ring (bicyclic) bond motifs is 5. The van der Waals surface area contributed by atoms with Crippen molar-refractivity contribution in [2.75, 3.05) is 19.6 Å². The summed E-state index contributed by atoms with van der Waals surface area (Å²) in [7, 11) is 0. The second-order valence-corrected chi connectivity index (χ2v) is 6.37. The van der Waals surface area contributed by atoms with Gasteiger partial charge in [-0.05, 0) is 32.2 Å². The van der Waals surface area contributed by atoms with Crippen LogP contribution >= 0.6 is 12.4 Å². The highest BCUT2D eigenvalue weighted by atomic mass is 35.5. The maximum atomic E-state index is 12.2. The van der Waals surface area contributed by atoms with E-state index in [4.69, 9.17) is 10.5 Å². The standard InChI is InChI=1S/C15H26N2O2.ClH/c16-8-4-2-1-3-5-15(18)17-9-11-12(10-17)14-7-6-13(11)19-14;/h11-14H,1-10,16H2;1H. The van der Waals surface area contributed by atoms with Crippen molar-refractivity contribution in [2.24, 2.45) is 17.6 Å². The van der Waals surface area contributed by atoms with Gasteiger partial charge in [0.25, 0.3) is 0 Å². The lowest BCUT2D eigenvalue weighted by Crippen LogP contribution is -2.31. The smallest absolute Gasteiger partial charge is 0.222 e. The van der Waals surface area contributed by atoms with Crippen LogP contribution < -0.4 is 5.73 Å². The molecule has 0 aromatic rings. The minimum atomic E-state index is 0. The van der Waals surface area contributed by atoms with Crippen LogP contribution in [0.1, 0.15) is 44.9 Å². The molecule has 3 fully saturated rings. The number of rotatable bonds is 6. The summed E-state index contributed by atoms with van der Waals surface area (Å²) >= 11 is 0. The fourth-order valence-electron chi connectivity index (χ4n) is 4.10. The van der Waals surface area contributed by atoms with E-state index in [1.807, 2.05) is 0 Å². The number of unbranched alkanes of at least 4 members (excludes halogenated alkanes) is 3. The van der Waals surface area contributed by atoms with E-state index in [1.165, 1.54) is 12.8 Å². The molecule has 2 N–H and O–H groups in total. The number of carbonyl (C=O) groups is 1. The van der Waals surface area contributed by atoms with Crippen LogP contribution in [-0.2, 0) is 9.53 Å². The topological polar surface area (TPSA) is 55.6 Å². The van der Waals surface area contributed by atoms with Gasteiger partial charge < -0.3 is 15.4 Å². The molecule has 0 spiro atoms. The van der Waals surface area contributed by atoms with Crippen LogP contribution in [0.2, 0.25) is 0 Å². The van der Waals surface area contributed by atoms with Crippen molar-refractivity contribution in [1.82, 2.24) is 4.90 Å². The van der Waals surface area contributed by atoms with E-state index < -0.39 is 0 Å². The fraction of sp³-hybridized carbons (Fsp3) is 0.933. The molecule has 0 aromatic heterocycles. The number of likely N-dealkylation sites (tertiary alicyclic amines) is 1. The second-order valence-electron chi connectivity index (χ2n) is 6.37. The van der Waals surface area contributed by atoms with Crippen LogP contribution in [0, 0.1) is 11.8 Å². The molecule has 4 atom stereocenters. The Kier molecular flexibility index (Phi) is 5.70. The molecule has 3 saturated heterocycles. The van der Waals surface area contributed by atoms with Crippen LogP contribution in [-0.4, -0.2) is 42.6 Å². The zero-order valence-corrected chi connectivity index (χ0v) is 12.9. The molecule has 20 heavy (non-hydrogen) atoms. The van der Waals surface area contributed by atoms with Gasteiger partial charge in [-0.15, -0.1) is 12.4 Å². The molecule has 3 rings (SSSR count). The molecular formula is C15H27ClN2O2. The zero-order valence-electron chi connectivity index (χ0n) is 12.1. The third-order valence-electron chi connectivity index (χ3n) is 5.15. The van der Waals surface area contributed by atoms with Crippen molar-refractivity contribution in [1.29, 1.82) is 0 Å². The van der Waals surface area contributed by atoms with E-state index >= 15 is 0 Å². The van der Waals surface area contributed by atoms with Crippen molar-refractivity contribution >= 4 is 18.3 Å². The van der Waals surface area contributed by atoms with Gasteiger partial charge in [0.05, 0.1) is 12.2 Å². The van der Waals surface area contributed by atoms with Crippen molar-refractivity contribution < 1.29 is 9.53 Å². The normalized spacial score (nSPS) is 34.1. The summed E-state index contributed by atoms with van der Waals surface area (Å²) in [5.74, 6) is 1.64. The molecule has 3 aliphatic rings. The van der Waals surface area contributed by atoms with Gasteiger partial charge in [-0.1, -0.05) is 12.8 Å². The second kappa shape index (κ2) is 7.10. The lowest BCUT2D eigenvalue weighted by molar-refractivity contribution is -0.131. The largest absolute Gasteiger partial charge is 0.374 e. The van der Waals surface area contributed by atoms with E-state index in [0.717, 1.165) is 51.7 Å². The predicted molar refractivity (Wildman–Crippen MR) is 80.8 cm³/mol. The Hall–Kier alpha value is -0.320. The Morgan fingerprint density at radius 3 is 2.25 bits per heavy atom. The first-order valence-electron chi connectivity index (χ1n) is 7.93. The number of nitrogens with zero attached hydrogens (tertiary/aromatic N) is 1. The first-order chi connectivity index (χ1) is 9.29. The summed E-state index contributed by atoms with van der Waals surface area (Å²) in [5, 5.41) is 0. The molecule has 1 amide bonds. The van der Waals surface area contributed by atoms with Crippen LogP contribution in [0.15, 0.2) is 0 Å². The van der Waals surface area contributed by atoms with E-state index in [9.17, 15) is 4.79 Å². The predicted octanol–water partition coefficient (Wildman–Crippen LogP) is 1.95. The highest BCUT2D eigenvalue weighted by molar-refractivity contribution is 5.85. The van der Waals surface area contributed by atoms with E-state index in [-0.39, 0.29) is 12.4 Å². The number of nitrogens with two attached hydrogens (primary N) is 1. The number of halogens is 1. The molecule has 4 nitrogen and oxygen atoms in total. The number of carbonyl (C=O) groups excluding carboxylic acids is 1. The lowest BCUT2D eigenvalue weighted by atomic mass is 9.82. The first kappa shape index (κ1) is 16.1. The Morgan fingerprint density at radius 1 is 1.05 bits per heavy atom. The highest BCUT2D eigenvalue weighted by Gasteiger charge is 2.53. The summed E-state index contributed by atoms with van der Waals surface area (Å²) in [6.45, 7) is 2.67. The summed E-state index contributed by atoms with van der Waals surface area (Å²) in [6.07, 6.45) is 8.47. The number of ether oxygens (including phenoxy) is 1. The lowest BCUT2D eigenvalue weighted by Gasteiger charge is -2.18. The van der Waals surface area contributed by atoms with Crippen molar-refractivity contribution in [3.8, 4) is 0 Å². The van der Waals surface area contributed by atoms with Gasteiger partial charge in [0, 0.05) is 31.3 Å². The minimum absolute atomic E-state index is 0. The number of hydrogen-bond donors (Lipinski definition) is 1. The van der Waals surface area contributed by atoms with Crippen molar-refractivity contribution in [3.05, 3.63) is 0 Å². The fourth-order valence-corrected chi connectivity index (χ4v) is 4.10. The highest BCUT2D eigenvalue weighted by Crippen LogP contribution is 2.47. The molecule has 3 heterocycles. The quantitative estimate of drug-likeness (QED) is 0.763.